The number of rotatable bonds is 4. The number of fused-ring (bicyclic) bond motifs is 2. The zero-order valence-electron chi connectivity index (χ0n) is 24.4. The average molecular weight is 528 g/mol. The third-order valence-electron chi connectivity index (χ3n) is 6.02. The summed E-state index contributed by atoms with van der Waals surface area (Å²) in [5.74, 6) is 0.226. The maximum atomic E-state index is 15.5. The Morgan fingerprint density at radius 1 is 1.11 bits per heavy atom. The van der Waals surface area contributed by atoms with Crippen LogP contribution in [0, 0.1) is 42.2 Å². The second kappa shape index (κ2) is 12.5. The van der Waals surface area contributed by atoms with E-state index in [1.165, 1.54) is 18.2 Å². The molecule has 0 saturated heterocycles. The number of methoxy groups -OCH3 is 1. The Bertz CT molecular complexity index is 1310. The number of hydrogen-bond acceptors (Lipinski definition) is 4. The second-order valence-corrected chi connectivity index (χ2v) is 10.5. The first kappa shape index (κ1) is 31.0. The zero-order valence-corrected chi connectivity index (χ0v) is 24.4. The minimum Gasteiger partial charge on any atom is -0.384 e. The lowest BCUT2D eigenvalue weighted by molar-refractivity contribution is 0.207. The number of anilines is 2. The van der Waals surface area contributed by atoms with Gasteiger partial charge in [0.15, 0.2) is 0 Å². The fourth-order valence-electron chi connectivity index (χ4n) is 4.38. The van der Waals surface area contributed by atoms with Crippen LogP contribution in [-0.4, -0.2) is 35.9 Å². The Morgan fingerprint density at radius 2 is 1.71 bits per heavy atom. The van der Waals surface area contributed by atoms with Crippen LogP contribution in [0.5, 0.6) is 0 Å². The molecule has 2 aromatic carbocycles. The summed E-state index contributed by atoms with van der Waals surface area (Å²) in [6, 6.07) is 4.12. The molecule has 0 saturated carbocycles. The minimum absolute atomic E-state index is 0.173. The van der Waals surface area contributed by atoms with Crippen LogP contribution >= 0.6 is 0 Å². The highest BCUT2D eigenvalue weighted by Gasteiger charge is 2.39. The van der Waals surface area contributed by atoms with Gasteiger partial charge in [-0.1, -0.05) is 34.6 Å². The van der Waals surface area contributed by atoms with E-state index in [1.807, 2.05) is 34.6 Å². The van der Waals surface area contributed by atoms with Crippen molar-refractivity contribution in [1.82, 2.24) is 4.98 Å². The quantitative estimate of drug-likeness (QED) is 0.203. The van der Waals surface area contributed by atoms with Gasteiger partial charge in [-0.15, -0.1) is 0 Å². The number of benzene rings is 2. The van der Waals surface area contributed by atoms with Gasteiger partial charge in [-0.2, -0.15) is 0 Å². The molecule has 2 heterocycles. The monoisotopic (exact) mass is 527 g/mol. The van der Waals surface area contributed by atoms with Gasteiger partial charge < -0.3 is 15.0 Å². The fraction of sp³-hybridized carbons (Fsp3) is 0.467. The molecule has 1 aromatic heterocycles. The van der Waals surface area contributed by atoms with Crippen LogP contribution in [0.15, 0.2) is 24.4 Å². The molecule has 0 bridgehead atoms. The van der Waals surface area contributed by atoms with Crippen molar-refractivity contribution in [1.29, 1.82) is 10.8 Å². The summed E-state index contributed by atoms with van der Waals surface area (Å²) >= 11 is 0. The van der Waals surface area contributed by atoms with Gasteiger partial charge in [-0.3, -0.25) is 15.7 Å². The van der Waals surface area contributed by atoms with Crippen LogP contribution in [0.4, 0.5) is 20.2 Å². The van der Waals surface area contributed by atoms with E-state index in [9.17, 15) is 4.39 Å². The molecule has 1 aliphatic heterocycles. The van der Waals surface area contributed by atoms with E-state index >= 15 is 4.39 Å². The Kier molecular flexibility index (Phi) is 10.2. The lowest BCUT2D eigenvalue weighted by atomic mass is 9.90. The van der Waals surface area contributed by atoms with Crippen molar-refractivity contribution in [2.75, 3.05) is 23.9 Å². The van der Waals surface area contributed by atoms with Crippen molar-refractivity contribution in [2.45, 2.75) is 74.3 Å². The van der Waals surface area contributed by atoms with Gasteiger partial charge in [-0.05, 0) is 62.9 Å². The van der Waals surface area contributed by atoms with Crippen LogP contribution < -0.4 is 10.2 Å². The predicted molar refractivity (Wildman–Crippen MR) is 157 cm³/mol. The molecule has 0 amide bonds. The number of aromatic amines is 1. The molecule has 0 spiro atoms. The van der Waals surface area contributed by atoms with Gasteiger partial charge in [0.1, 0.15) is 23.3 Å². The Morgan fingerprint density at radius 3 is 2.29 bits per heavy atom. The summed E-state index contributed by atoms with van der Waals surface area (Å²) in [7, 11) is 1.56. The Balaban J connectivity index is 0.000000773. The largest absolute Gasteiger partial charge is 0.384 e. The molecule has 0 radical (unpaired) electrons. The molecule has 0 aliphatic carbocycles. The number of H-pyrrole nitrogens is 1. The molecule has 208 valence electrons. The van der Waals surface area contributed by atoms with Crippen LogP contribution in [0.1, 0.15) is 66.0 Å². The number of nitrogens with one attached hydrogen (secondary N) is 4. The normalized spacial score (nSPS) is 13.8. The predicted octanol–water partition coefficient (Wildman–Crippen LogP) is 8.42. The van der Waals surface area contributed by atoms with E-state index in [1.54, 1.807) is 25.1 Å². The maximum absolute atomic E-state index is 15.5. The summed E-state index contributed by atoms with van der Waals surface area (Å²) in [6.07, 6.45) is 2.06. The fourth-order valence-corrected chi connectivity index (χ4v) is 4.38. The highest BCUT2D eigenvalue weighted by atomic mass is 19.1. The first-order valence-electron chi connectivity index (χ1n) is 13.1. The smallest absolute Gasteiger partial charge is 0.133 e. The molecule has 4 N–H and O–H groups in total. The van der Waals surface area contributed by atoms with Crippen molar-refractivity contribution in [2.24, 2.45) is 5.92 Å². The lowest BCUT2D eigenvalue weighted by Gasteiger charge is -2.43. The molecule has 8 heteroatoms. The number of amidine groups is 2. The van der Waals surface area contributed by atoms with Gasteiger partial charge in [0.2, 0.25) is 0 Å². The molecule has 4 rings (SSSR count). The average Bonchev–Trinajstić information content (AvgIpc) is 3.20. The Labute approximate surface area is 225 Å². The van der Waals surface area contributed by atoms with Gasteiger partial charge in [-0.25, -0.2) is 8.78 Å². The molecule has 38 heavy (non-hydrogen) atoms. The summed E-state index contributed by atoms with van der Waals surface area (Å²) in [4.78, 5) is 4.68. The second-order valence-electron chi connectivity index (χ2n) is 10.5. The molecule has 6 nitrogen and oxygen atoms in total. The minimum atomic E-state index is -0.810. The van der Waals surface area contributed by atoms with Gasteiger partial charge in [0.25, 0.3) is 0 Å². The molecule has 0 unspecified atom stereocenters. The van der Waals surface area contributed by atoms with E-state index in [0.29, 0.717) is 46.4 Å². The molecular formula is C30H43F2N5O. The van der Waals surface area contributed by atoms with E-state index < -0.39 is 17.2 Å². The first-order chi connectivity index (χ1) is 17.8. The van der Waals surface area contributed by atoms with Crippen LogP contribution in [0.3, 0.4) is 0 Å². The zero-order chi connectivity index (χ0) is 28.9. The van der Waals surface area contributed by atoms with Gasteiger partial charge in [0, 0.05) is 36.2 Å². The number of nitrogens with zero attached hydrogens (tertiary/aromatic N) is 1. The van der Waals surface area contributed by atoms with Crippen LogP contribution in [0.25, 0.3) is 22.0 Å². The molecule has 0 fully saturated rings. The standard InChI is InChI=1S/C24H27F2N5O.C4H10.C2H6/c1-12-11-29-21-15(12)8-14(25)9-16(21)20-13(2)22-18(10-17(20)26)30-24(3,4)23(28)31(22)19(27)6-7-32-5;1-4(2)3;1-2/h8-11,27-30H,6-7H2,1-5H3;4H,1-3H3;1-2H3. The summed E-state index contributed by atoms with van der Waals surface area (Å²) in [5, 5.41) is 21.3. The molecule has 0 atom stereocenters. The SMILES string of the molecule is CC.CC(C)C.COCCC(=N)N1C(=N)C(C)(C)Nc2cc(F)c(-c3cc(F)cc4c(C)c[nH]c34)c(C)c21. The van der Waals surface area contributed by atoms with E-state index in [-0.39, 0.29) is 17.2 Å². The van der Waals surface area contributed by atoms with Gasteiger partial charge >= 0.3 is 0 Å². The van der Waals surface area contributed by atoms with E-state index in [2.05, 4.69) is 31.1 Å². The summed E-state index contributed by atoms with van der Waals surface area (Å²) in [5.41, 5.74) is 2.88. The highest BCUT2D eigenvalue weighted by Crippen LogP contribution is 2.45. The highest BCUT2D eigenvalue weighted by molar-refractivity contribution is 6.25. The number of halogens is 2. The molecular weight excluding hydrogens is 484 g/mol. The number of aromatic nitrogens is 1. The van der Waals surface area contributed by atoms with Crippen LogP contribution in [0.2, 0.25) is 0 Å². The van der Waals surface area contributed by atoms with Crippen molar-refractivity contribution >= 4 is 33.9 Å². The third-order valence-corrected chi connectivity index (χ3v) is 6.02. The topological polar surface area (TPSA) is 88.0 Å². The molecule has 1 aliphatic rings. The van der Waals surface area contributed by atoms with Crippen molar-refractivity contribution in [3.8, 4) is 11.1 Å². The number of aryl methyl sites for hydroxylation is 1. The van der Waals surface area contributed by atoms with E-state index in [4.69, 9.17) is 15.6 Å². The number of ether oxygens (including phenoxy) is 1. The van der Waals surface area contributed by atoms with Crippen molar-refractivity contribution in [3.05, 3.63) is 47.2 Å². The third kappa shape index (κ3) is 6.23. The maximum Gasteiger partial charge on any atom is 0.133 e. The number of hydrogen-bond donors (Lipinski definition) is 4. The first-order valence-corrected chi connectivity index (χ1v) is 13.1. The van der Waals surface area contributed by atoms with Crippen molar-refractivity contribution in [3.63, 3.8) is 0 Å². The molecule has 3 aromatic rings. The summed E-state index contributed by atoms with van der Waals surface area (Å²) in [6.45, 7) is 18.1. The van der Waals surface area contributed by atoms with Crippen molar-refractivity contribution < 1.29 is 13.5 Å². The van der Waals surface area contributed by atoms with Gasteiger partial charge in [0.05, 0.1) is 29.0 Å². The van der Waals surface area contributed by atoms with Crippen LogP contribution in [-0.2, 0) is 4.74 Å². The van der Waals surface area contributed by atoms with E-state index in [0.717, 1.165) is 11.5 Å². The lowest BCUT2D eigenvalue weighted by Crippen LogP contribution is -2.55. The Hall–Kier alpha value is -3.26. The summed E-state index contributed by atoms with van der Waals surface area (Å²) < 4.78 is 35.2.